The Hall–Kier alpha value is -0.770. The number of nitrogens with zero attached hydrogens (tertiary/aromatic N) is 2. The van der Waals surface area contributed by atoms with Gasteiger partial charge in [-0.25, -0.2) is 4.79 Å². The molecule has 1 saturated carbocycles. The zero-order valence-electron chi connectivity index (χ0n) is 10.4. The Morgan fingerprint density at radius 1 is 1.19 bits per heavy atom. The molecule has 1 aliphatic heterocycles. The van der Waals surface area contributed by atoms with Gasteiger partial charge in [0.05, 0.1) is 0 Å². The number of carbonyl (C=O) groups is 1. The largest absolute Gasteiger partial charge is 0.331 e. The molecule has 92 valence electrons. The van der Waals surface area contributed by atoms with E-state index in [1.54, 1.807) is 4.90 Å². The molecular weight excluding hydrogens is 202 g/mol. The minimum absolute atomic E-state index is 0.195. The van der Waals surface area contributed by atoms with Crippen LogP contribution < -0.4 is 5.32 Å². The predicted molar refractivity (Wildman–Crippen MR) is 64.4 cm³/mol. The van der Waals surface area contributed by atoms with Crippen molar-refractivity contribution in [3.8, 4) is 0 Å². The van der Waals surface area contributed by atoms with Crippen molar-refractivity contribution in [1.82, 2.24) is 15.1 Å². The monoisotopic (exact) mass is 225 g/mol. The van der Waals surface area contributed by atoms with Crippen molar-refractivity contribution in [2.24, 2.45) is 5.92 Å². The van der Waals surface area contributed by atoms with Gasteiger partial charge in [-0.15, -0.1) is 0 Å². The standard InChI is InChI=1S/C12H23N3O/c1-14(2)12(16)15(11-3-4-11)9-10-5-7-13-8-6-10/h10-11,13H,3-9H2,1-2H3. The van der Waals surface area contributed by atoms with Crippen LogP contribution >= 0.6 is 0 Å². The number of amides is 2. The maximum atomic E-state index is 12.0. The van der Waals surface area contributed by atoms with E-state index in [1.165, 1.54) is 25.7 Å². The van der Waals surface area contributed by atoms with Gasteiger partial charge in [0.15, 0.2) is 0 Å². The number of carbonyl (C=O) groups excluding carboxylic acids is 1. The second kappa shape index (κ2) is 5.04. The van der Waals surface area contributed by atoms with Gasteiger partial charge in [0.1, 0.15) is 0 Å². The normalized spacial score (nSPS) is 21.9. The van der Waals surface area contributed by atoms with Crippen molar-refractivity contribution in [3.63, 3.8) is 0 Å². The Balaban J connectivity index is 1.89. The van der Waals surface area contributed by atoms with Crippen LogP contribution in [0.15, 0.2) is 0 Å². The van der Waals surface area contributed by atoms with Crippen molar-refractivity contribution in [2.75, 3.05) is 33.7 Å². The smallest absolute Gasteiger partial charge is 0.319 e. The maximum absolute atomic E-state index is 12.0. The minimum Gasteiger partial charge on any atom is -0.331 e. The molecule has 2 rings (SSSR count). The fourth-order valence-corrected chi connectivity index (χ4v) is 2.37. The summed E-state index contributed by atoms with van der Waals surface area (Å²) in [4.78, 5) is 15.8. The van der Waals surface area contributed by atoms with E-state index in [9.17, 15) is 4.79 Å². The molecule has 0 aromatic heterocycles. The van der Waals surface area contributed by atoms with Crippen molar-refractivity contribution in [1.29, 1.82) is 0 Å². The SMILES string of the molecule is CN(C)C(=O)N(CC1CCNCC1)C1CC1. The van der Waals surface area contributed by atoms with Crippen molar-refractivity contribution >= 4 is 6.03 Å². The van der Waals surface area contributed by atoms with Crippen LogP contribution in [0.3, 0.4) is 0 Å². The molecule has 1 aliphatic carbocycles. The van der Waals surface area contributed by atoms with Crippen molar-refractivity contribution in [3.05, 3.63) is 0 Å². The van der Waals surface area contributed by atoms with Crippen LogP contribution in [-0.4, -0.2) is 55.6 Å². The van der Waals surface area contributed by atoms with Gasteiger partial charge in [0, 0.05) is 26.7 Å². The molecule has 2 fully saturated rings. The summed E-state index contributed by atoms with van der Waals surface area (Å²) < 4.78 is 0. The average Bonchev–Trinajstić information content (AvgIpc) is 3.10. The molecule has 4 heteroatoms. The highest BCUT2D eigenvalue weighted by Gasteiger charge is 2.34. The number of rotatable bonds is 3. The first-order valence-corrected chi connectivity index (χ1v) is 6.37. The molecule has 0 bridgehead atoms. The van der Waals surface area contributed by atoms with Gasteiger partial charge in [-0.1, -0.05) is 0 Å². The zero-order chi connectivity index (χ0) is 11.5. The average molecular weight is 225 g/mol. The lowest BCUT2D eigenvalue weighted by Crippen LogP contribution is -2.45. The first kappa shape index (κ1) is 11.7. The predicted octanol–water partition coefficient (Wildman–Crippen LogP) is 1.13. The molecule has 0 aromatic carbocycles. The summed E-state index contributed by atoms with van der Waals surface area (Å²) >= 11 is 0. The highest BCUT2D eigenvalue weighted by molar-refractivity contribution is 5.74. The van der Waals surface area contributed by atoms with Gasteiger partial charge in [-0.05, 0) is 44.7 Å². The number of nitrogens with one attached hydrogen (secondary N) is 1. The maximum Gasteiger partial charge on any atom is 0.319 e. The lowest BCUT2D eigenvalue weighted by molar-refractivity contribution is 0.152. The number of hydrogen-bond acceptors (Lipinski definition) is 2. The fraction of sp³-hybridized carbons (Fsp3) is 0.917. The van der Waals surface area contributed by atoms with E-state index in [0.29, 0.717) is 12.0 Å². The van der Waals surface area contributed by atoms with E-state index in [4.69, 9.17) is 0 Å². The van der Waals surface area contributed by atoms with Gasteiger partial charge in [0.25, 0.3) is 0 Å². The first-order valence-electron chi connectivity index (χ1n) is 6.37. The molecule has 16 heavy (non-hydrogen) atoms. The molecule has 1 heterocycles. The summed E-state index contributed by atoms with van der Waals surface area (Å²) in [7, 11) is 3.69. The molecule has 0 unspecified atom stereocenters. The van der Waals surface area contributed by atoms with Gasteiger partial charge in [-0.3, -0.25) is 0 Å². The van der Waals surface area contributed by atoms with Crippen molar-refractivity contribution < 1.29 is 4.79 Å². The molecule has 0 aromatic rings. The van der Waals surface area contributed by atoms with Crippen LogP contribution in [0, 0.1) is 5.92 Å². The summed E-state index contributed by atoms with van der Waals surface area (Å²) in [5, 5.41) is 3.37. The summed E-state index contributed by atoms with van der Waals surface area (Å²) in [6, 6.07) is 0.728. The van der Waals surface area contributed by atoms with Crippen molar-refractivity contribution in [2.45, 2.75) is 31.7 Å². The molecule has 2 amide bonds. The summed E-state index contributed by atoms with van der Waals surface area (Å²) in [5.74, 6) is 0.700. The molecule has 0 atom stereocenters. The summed E-state index contributed by atoms with van der Waals surface area (Å²) in [6.07, 6.45) is 4.82. The van der Waals surface area contributed by atoms with E-state index >= 15 is 0 Å². The van der Waals surface area contributed by atoms with Crippen LogP contribution in [-0.2, 0) is 0 Å². The zero-order valence-corrected chi connectivity index (χ0v) is 10.4. The van der Waals surface area contributed by atoms with E-state index in [-0.39, 0.29) is 6.03 Å². The lowest BCUT2D eigenvalue weighted by Gasteiger charge is -2.32. The van der Waals surface area contributed by atoms with E-state index < -0.39 is 0 Å². The van der Waals surface area contributed by atoms with E-state index in [1.807, 2.05) is 14.1 Å². The van der Waals surface area contributed by atoms with E-state index in [0.717, 1.165) is 19.6 Å². The second-order valence-electron chi connectivity index (χ2n) is 5.25. The number of urea groups is 1. The quantitative estimate of drug-likeness (QED) is 0.781. The second-order valence-corrected chi connectivity index (χ2v) is 5.25. The molecule has 1 saturated heterocycles. The topological polar surface area (TPSA) is 35.6 Å². The molecule has 4 nitrogen and oxygen atoms in total. The van der Waals surface area contributed by atoms with Gasteiger partial charge in [-0.2, -0.15) is 0 Å². The molecule has 2 aliphatic rings. The lowest BCUT2D eigenvalue weighted by atomic mass is 9.97. The highest BCUT2D eigenvalue weighted by Crippen LogP contribution is 2.29. The third kappa shape index (κ3) is 2.88. The van der Waals surface area contributed by atoms with Crippen LogP contribution in [0.4, 0.5) is 4.79 Å². The summed E-state index contributed by atoms with van der Waals surface area (Å²) in [5.41, 5.74) is 0. The minimum atomic E-state index is 0.195. The third-order valence-electron chi connectivity index (χ3n) is 3.53. The van der Waals surface area contributed by atoms with Gasteiger partial charge in [0.2, 0.25) is 0 Å². The van der Waals surface area contributed by atoms with Crippen LogP contribution in [0.2, 0.25) is 0 Å². The first-order chi connectivity index (χ1) is 7.68. The summed E-state index contributed by atoms with van der Waals surface area (Å²) in [6.45, 7) is 3.18. The number of hydrogen-bond donors (Lipinski definition) is 1. The molecule has 1 N–H and O–H groups in total. The Kier molecular flexibility index (Phi) is 3.69. The molecular formula is C12H23N3O. The van der Waals surface area contributed by atoms with Gasteiger partial charge >= 0.3 is 6.03 Å². The van der Waals surface area contributed by atoms with Crippen LogP contribution in [0.25, 0.3) is 0 Å². The Labute approximate surface area is 98.0 Å². The Morgan fingerprint density at radius 3 is 2.31 bits per heavy atom. The van der Waals surface area contributed by atoms with Gasteiger partial charge < -0.3 is 15.1 Å². The highest BCUT2D eigenvalue weighted by atomic mass is 16.2. The molecule has 0 radical (unpaired) electrons. The number of piperidine rings is 1. The third-order valence-corrected chi connectivity index (χ3v) is 3.53. The fourth-order valence-electron chi connectivity index (χ4n) is 2.37. The van der Waals surface area contributed by atoms with Crippen LogP contribution in [0.1, 0.15) is 25.7 Å². The van der Waals surface area contributed by atoms with E-state index in [2.05, 4.69) is 10.2 Å². The molecule has 0 spiro atoms. The van der Waals surface area contributed by atoms with Crippen LogP contribution in [0.5, 0.6) is 0 Å². The Bertz CT molecular complexity index is 245. The Morgan fingerprint density at radius 2 is 1.81 bits per heavy atom.